The Morgan fingerprint density at radius 1 is 1.53 bits per heavy atom. The van der Waals surface area contributed by atoms with E-state index in [0.29, 0.717) is 12.6 Å². The van der Waals surface area contributed by atoms with E-state index in [1.807, 2.05) is 6.92 Å². The number of hydrogen-bond acceptors (Lipinski definition) is 2. The lowest BCUT2D eigenvalue weighted by molar-refractivity contribution is -0.138. The van der Waals surface area contributed by atoms with Crippen molar-refractivity contribution >= 4 is 12.0 Å². The molecule has 1 unspecified atom stereocenters. The lowest BCUT2D eigenvalue weighted by Crippen LogP contribution is -2.47. The van der Waals surface area contributed by atoms with Gasteiger partial charge in [-0.05, 0) is 26.2 Å². The maximum absolute atomic E-state index is 11.7. The minimum atomic E-state index is -1.00. The number of amides is 2. The van der Waals surface area contributed by atoms with Crippen LogP contribution < -0.4 is 5.32 Å². The molecule has 15 heavy (non-hydrogen) atoms. The molecule has 1 saturated carbocycles. The van der Waals surface area contributed by atoms with Crippen molar-refractivity contribution in [3.05, 3.63) is 0 Å². The number of nitrogens with one attached hydrogen (secondary N) is 1. The van der Waals surface area contributed by atoms with Crippen molar-refractivity contribution in [3.8, 4) is 0 Å². The first-order valence-electron chi connectivity index (χ1n) is 5.36. The van der Waals surface area contributed by atoms with Crippen molar-refractivity contribution in [3.63, 3.8) is 0 Å². The number of aliphatic carboxylic acids is 1. The van der Waals surface area contributed by atoms with Crippen LogP contribution in [0.4, 0.5) is 4.79 Å². The van der Waals surface area contributed by atoms with Crippen LogP contribution in [0.15, 0.2) is 0 Å². The van der Waals surface area contributed by atoms with Gasteiger partial charge in [-0.3, -0.25) is 4.79 Å². The summed E-state index contributed by atoms with van der Waals surface area (Å²) >= 11 is 0. The van der Waals surface area contributed by atoms with Crippen LogP contribution in [-0.2, 0) is 4.79 Å². The molecule has 1 rings (SSSR count). The molecule has 2 N–H and O–H groups in total. The van der Waals surface area contributed by atoms with E-state index in [-0.39, 0.29) is 6.03 Å². The van der Waals surface area contributed by atoms with E-state index in [0.717, 1.165) is 19.3 Å². The lowest BCUT2D eigenvalue weighted by Gasteiger charge is -2.23. The molecular formula is C10H18N2O3. The van der Waals surface area contributed by atoms with Gasteiger partial charge in [-0.1, -0.05) is 6.92 Å². The Hall–Kier alpha value is -1.26. The highest BCUT2D eigenvalue weighted by atomic mass is 16.4. The maximum atomic E-state index is 11.7. The van der Waals surface area contributed by atoms with Gasteiger partial charge in [0.2, 0.25) is 0 Å². The predicted molar refractivity (Wildman–Crippen MR) is 55.6 cm³/mol. The van der Waals surface area contributed by atoms with E-state index in [1.165, 1.54) is 6.92 Å². The zero-order chi connectivity index (χ0) is 11.4. The van der Waals surface area contributed by atoms with E-state index >= 15 is 0 Å². The van der Waals surface area contributed by atoms with Gasteiger partial charge >= 0.3 is 12.0 Å². The second-order valence-electron chi connectivity index (χ2n) is 3.93. The van der Waals surface area contributed by atoms with Crippen LogP contribution in [0.3, 0.4) is 0 Å². The molecule has 0 aromatic carbocycles. The van der Waals surface area contributed by atoms with Gasteiger partial charge in [0, 0.05) is 12.6 Å². The largest absolute Gasteiger partial charge is 0.480 e. The number of rotatable bonds is 5. The summed E-state index contributed by atoms with van der Waals surface area (Å²) in [5.74, 6) is -1.00. The number of hydrogen-bond donors (Lipinski definition) is 2. The van der Waals surface area contributed by atoms with Gasteiger partial charge < -0.3 is 15.3 Å². The molecule has 0 aromatic rings. The third-order valence-electron chi connectivity index (χ3n) is 2.42. The van der Waals surface area contributed by atoms with Crippen molar-refractivity contribution in [2.75, 3.05) is 6.54 Å². The molecule has 1 aliphatic carbocycles. The normalized spacial score (nSPS) is 16.9. The molecule has 0 aromatic heterocycles. The zero-order valence-corrected chi connectivity index (χ0v) is 9.19. The molecule has 2 amide bonds. The van der Waals surface area contributed by atoms with E-state index in [1.54, 1.807) is 4.90 Å². The first kappa shape index (κ1) is 11.8. The van der Waals surface area contributed by atoms with Crippen LogP contribution in [0.25, 0.3) is 0 Å². The van der Waals surface area contributed by atoms with E-state index in [9.17, 15) is 9.59 Å². The Morgan fingerprint density at radius 3 is 2.53 bits per heavy atom. The number of carbonyl (C=O) groups excluding carboxylic acids is 1. The van der Waals surface area contributed by atoms with Gasteiger partial charge in [-0.15, -0.1) is 0 Å². The highest BCUT2D eigenvalue weighted by Gasteiger charge is 2.32. The quantitative estimate of drug-likeness (QED) is 0.718. The Labute approximate surface area is 89.4 Å². The Balaban J connectivity index is 2.45. The van der Waals surface area contributed by atoms with Crippen LogP contribution in [0.1, 0.15) is 33.1 Å². The van der Waals surface area contributed by atoms with Crippen LogP contribution in [0, 0.1) is 0 Å². The Kier molecular flexibility index (Phi) is 3.94. The number of carbonyl (C=O) groups is 2. The van der Waals surface area contributed by atoms with Crippen molar-refractivity contribution < 1.29 is 14.7 Å². The number of carboxylic acid groups (broad SMARTS) is 1. The van der Waals surface area contributed by atoms with Crippen molar-refractivity contribution in [2.24, 2.45) is 0 Å². The molecule has 0 spiro atoms. The molecular weight excluding hydrogens is 196 g/mol. The fourth-order valence-corrected chi connectivity index (χ4v) is 1.41. The summed E-state index contributed by atoms with van der Waals surface area (Å²) in [7, 11) is 0. The van der Waals surface area contributed by atoms with Crippen molar-refractivity contribution in [1.82, 2.24) is 10.2 Å². The molecule has 5 heteroatoms. The van der Waals surface area contributed by atoms with Gasteiger partial charge in [0.25, 0.3) is 0 Å². The second-order valence-corrected chi connectivity index (χ2v) is 3.93. The topological polar surface area (TPSA) is 69.6 Å². The fraction of sp³-hybridized carbons (Fsp3) is 0.800. The molecule has 0 saturated heterocycles. The standard InChI is InChI=1S/C10H18N2O3/c1-3-6-12(8-4-5-8)10(15)11-7(2)9(13)14/h7-8H,3-6H2,1-2H3,(H,11,15)(H,13,14). The number of nitrogens with zero attached hydrogens (tertiary/aromatic N) is 1. The molecule has 0 heterocycles. The maximum Gasteiger partial charge on any atom is 0.325 e. The third kappa shape index (κ3) is 3.42. The summed E-state index contributed by atoms with van der Waals surface area (Å²) < 4.78 is 0. The number of carboxylic acids is 1. The molecule has 86 valence electrons. The fourth-order valence-electron chi connectivity index (χ4n) is 1.41. The molecule has 0 aliphatic heterocycles. The SMILES string of the molecule is CCCN(C(=O)NC(C)C(=O)O)C1CC1. The van der Waals surface area contributed by atoms with Crippen LogP contribution >= 0.6 is 0 Å². The summed E-state index contributed by atoms with van der Waals surface area (Å²) in [6.07, 6.45) is 2.97. The second kappa shape index (κ2) is 5.00. The monoisotopic (exact) mass is 214 g/mol. The summed E-state index contributed by atoms with van der Waals surface area (Å²) in [6.45, 7) is 4.17. The van der Waals surface area contributed by atoms with Crippen LogP contribution in [-0.4, -0.2) is 40.6 Å². The third-order valence-corrected chi connectivity index (χ3v) is 2.42. The minimum absolute atomic E-state index is 0.255. The van der Waals surface area contributed by atoms with Gasteiger partial charge in [-0.25, -0.2) is 4.79 Å². The van der Waals surface area contributed by atoms with Gasteiger partial charge in [0.1, 0.15) is 6.04 Å². The van der Waals surface area contributed by atoms with Crippen LogP contribution in [0.2, 0.25) is 0 Å². The number of urea groups is 1. The molecule has 0 radical (unpaired) electrons. The van der Waals surface area contributed by atoms with E-state index in [2.05, 4.69) is 5.32 Å². The highest BCUT2D eigenvalue weighted by molar-refractivity contribution is 5.82. The summed E-state index contributed by atoms with van der Waals surface area (Å²) in [5.41, 5.74) is 0. The molecule has 1 fully saturated rings. The van der Waals surface area contributed by atoms with E-state index in [4.69, 9.17) is 5.11 Å². The van der Waals surface area contributed by atoms with Gasteiger partial charge in [0.05, 0.1) is 0 Å². The zero-order valence-electron chi connectivity index (χ0n) is 9.19. The van der Waals surface area contributed by atoms with Crippen molar-refractivity contribution in [2.45, 2.75) is 45.2 Å². The first-order valence-corrected chi connectivity index (χ1v) is 5.36. The molecule has 1 aliphatic rings. The summed E-state index contributed by atoms with van der Waals surface area (Å²) in [4.78, 5) is 24.0. The van der Waals surface area contributed by atoms with Crippen LogP contribution in [0.5, 0.6) is 0 Å². The lowest BCUT2D eigenvalue weighted by atomic mass is 10.3. The Bertz CT molecular complexity index is 251. The summed E-state index contributed by atoms with van der Waals surface area (Å²) in [5, 5.41) is 11.1. The predicted octanol–water partition coefficient (Wildman–Crippen LogP) is 1.04. The first-order chi connectivity index (χ1) is 7.06. The minimum Gasteiger partial charge on any atom is -0.480 e. The average molecular weight is 214 g/mol. The smallest absolute Gasteiger partial charge is 0.325 e. The molecule has 1 atom stereocenters. The average Bonchev–Trinajstić information content (AvgIpc) is 2.97. The summed E-state index contributed by atoms with van der Waals surface area (Å²) in [6, 6.07) is -0.754. The molecule has 5 nitrogen and oxygen atoms in total. The van der Waals surface area contributed by atoms with Gasteiger partial charge in [0.15, 0.2) is 0 Å². The van der Waals surface area contributed by atoms with E-state index < -0.39 is 12.0 Å². The molecule has 0 bridgehead atoms. The van der Waals surface area contributed by atoms with Gasteiger partial charge in [-0.2, -0.15) is 0 Å². The highest BCUT2D eigenvalue weighted by Crippen LogP contribution is 2.26. The Morgan fingerprint density at radius 2 is 2.13 bits per heavy atom. The van der Waals surface area contributed by atoms with Crippen molar-refractivity contribution in [1.29, 1.82) is 0 Å².